The van der Waals surface area contributed by atoms with Crippen LogP contribution in [0.5, 0.6) is 0 Å². The minimum Gasteiger partial charge on any atom is -0.359 e. The van der Waals surface area contributed by atoms with E-state index in [2.05, 4.69) is 11.9 Å². The van der Waals surface area contributed by atoms with Crippen molar-refractivity contribution in [2.75, 3.05) is 7.05 Å². The highest BCUT2D eigenvalue weighted by Gasteiger charge is 1.95. The SMILES string of the molecule is C=C(C)CCC(=O)NC. The van der Waals surface area contributed by atoms with Crippen molar-refractivity contribution in [3.8, 4) is 0 Å². The van der Waals surface area contributed by atoms with Crippen molar-refractivity contribution in [1.29, 1.82) is 0 Å². The van der Waals surface area contributed by atoms with Crippen LogP contribution < -0.4 is 5.32 Å². The van der Waals surface area contributed by atoms with E-state index in [9.17, 15) is 4.79 Å². The summed E-state index contributed by atoms with van der Waals surface area (Å²) in [5.74, 6) is 0.0815. The molecule has 52 valence electrons. The summed E-state index contributed by atoms with van der Waals surface area (Å²) in [7, 11) is 1.64. The van der Waals surface area contributed by atoms with Crippen LogP contribution in [-0.2, 0) is 4.79 Å². The zero-order valence-electron chi connectivity index (χ0n) is 6.03. The van der Waals surface area contributed by atoms with Crippen molar-refractivity contribution in [3.05, 3.63) is 12.2 Å². The quantitative estimate of drug-likeness (QED) is 0.565. The van der Waals surface area contributed by atoms with Gasteiger partial charge in [-0.3, -0.25) is 4.79 Å². The predicted octanol–water partition coefficient (Wildman–Crippen LogP) is 1.09. The average molecular weight is 127 g/mol. The van der Waals surface area contributed by atoms with Crippen molar-refractivity contribution in [1.82, 2.24) is 5.32 Å². The van der Waals surface area contributed by atoms with Gasteiger partial charge in [0.25, 0.3) is 0 Å². The molecule has 0 saturated carbocycles. The number of carbonyl (C=O) groups is 1. The molecule has 0 rings (SSSR count). The average Bonchev–Trinajstić information content (AvgIpc) is 1.83. The Bertz CT molecular complexity index is 118. The molecule has 9 heavy (non-hydrogen) atoms. The summed E-state index contributed by atoms with van der Waals surface area (Å²) in [5.41, 5.74) is 1.05. The van der Waals surface area contributed by atoms with Crippen LogP contribution in [0, 0.1) is 0 Å². The van der Waals surface area contributed by atoms with E-state index in [0.29, 0.717) is 6.42 Å². The second-order valence-corrected chi connectivity index (χ2v) is 2.13. The van der Waals surface area contributed by atoms with E-state index in [-0.39, 0.29) is 5.91 Å². The van der Waals surface area contributed by atoms with Gasteiger partial charge in [-0.2, -0.15) is 0 Å². The fraction of sp³-hybridized carbons (Fsp3) is 0.571. The van der Waals surface area contributed by atoms with Crippen LogP contribution in [0.15, 0.2) is 12.2 Å². The van der Waals surface area contributed by atoms with Gasteiger partial charge < -0.3 is 5.32 Å². The molecule has 0 fully saturated rings. The molecule has 0 aliphatic heterocycles. The monoisotopic (exact) mass is 127 g/mol. The standard InChI is InChI=1S/C7H13NO/c1-6(2)4-5-7(9)8-3/h1,4-5H2,2-3H3,(H,8,9). The zero-order chi connectivity index (χ0) is 7.28. The number of hydrogen-bond acceptors (Lipinski definition) is 1. The van der Waals surface area contributed by atoms with Crippen LogP contribution >= 0.6 is 0 Å². The number of nitrogens with one attached hydrogen (secondary N) is 1. The maximum Gasteiger partial charge on any atom is 0.220 e. The number of rotatable bonds is 3. The van der Waals surface area contributed by atoms with Crippen LogP contribution in [0.25, 0.3) is 0 Å². The molecule has 1 N–H and O–H groups in total. The lowest BCUT2D eigenvalue weighted by Crippen LogP contribution is -2.16. The van der Waals surface area contributed by atoms with Gasteiger partial charge >= 0.3 is 0 Å². The Morgan fingerprint density at radius 1 is 1.56 bits per heavy atom. The Labute approximate surface area is 56.0 Å². The Hall–Kier alpha value is -0.790. The first-order chi connectivity index (χ1) is 4.16. The van der Waals surface area contributed by atoms with E-state index in [1.54, 1.807) is 7.05 Å². The number of amides is 1. The summed E-state index contributed by atoms with van der Waals surface area (Å²) in [6.45, 7) is 5.60. The predicted molar refractivity (Wildman–Crippen MR) is 38.1 cm³/mol. The number of allylic oxidation sites excluding steroid dienone is 1. The Balaban J connectivity index is 3.28. The molecule has 0 spiro atoms. The van der Waals surface area contributed by atoms with Gasteiger partial charge in [-0.05, 0) is 13.3 Å². The van der Waals surface area contributed by atoms with Crippen molar-refractivity contribution in [3.63, 3.8) is 0 Å². The van der Waals surface area contributed by atoms with Gasteiger partial charge in [0.2, 0.25) is 5.91 Å². The van der Waals surface area contributed by atoms with E-state index in [1.165, 1.54) is 0 Å². The first-order valence-corrected chi connectivity index (χ1v) is 3.01. The lowest BCUT2D eigenvalue weighted by molar-refractivity contribution is -0.120. The third-order valence-electron chi connectivity index (χ3n) is 1.06. The molecule has 2 nitrogen and oxygen atoms in total. The molecule has 0 aromatic heterocycles. The smallest absolute Gasteiger partial charge is 0.220 e. The number of carbonyl (C=O) groups excluding carboxylic acids is 1. The Kier molecular flexibility index (Phi) is 3.76. The lowest BCUT2D eigenvalue weighted by atomic mass is 10.2. The highest BCUT2D eigenvalue weighted by atomic mass is 16.1. The van der Waals surface area contributed by atoms with Crippen LogP contribution in [0.1, 0.15) is 19.8 Å². The molecule has 0 aliphatic carbocycles. The second kappa shape index (κ2) is 4.13. The lowest BCUT2D eigenvalue weighted by Gasteiger charge is -1.96. The minimum atomic E-state index is 0.0815. The minimum absolute atomic E-state index is 0.0815. The van der Waals surface area contributed by atoms with Crippen molar-refractivity contribution >= 4 is 5.91 Å². The van der Waals surface area contributed by atoms with Gasteiger partial charge in [-0.1, -0.05) is 5.57 Å². The summed E-state index contributed by atoms with van der Waals surface area (Å²) in [5, 5.41) is 2.54. The van der Waals surface area contributed by atoms with Gasteiger partial charge in [0.05, 0.1) is 0 Å². The topological polar surface area (TPSA) is 29.1 Å². The molecule has 0 aromatic carbocycles. The second-order valence-electron chi connectivity index (χ2n) is 2.13. The molecule has 2 heteroatoms. The van der Waals surface area contributed by atoms with Crippen LogP contribution in [-0.4, -0.2) is 13.0 Å². The molecule has 0 heterocycles. The van der Waals surface area contributed by atoms with E-state index in [0.717, 1.165) is 12.0 Å². The van der Waals surface area contributed by atoms with Gasteiger partial charge in [-0.25, -0.2) is 0 Å². The van der Waals surface area contributed by atoms with Crippen LogP contribution in [0.3, 0.4) is 0 Å². The molecule has 0 saturated heterocycles. The number of hydrogen-bond donors (Lipinski definition) is 1. The Morgan fingerprint density at radius 2 is 2.11 bits per heavy atom. The first-order valence-electron chi connectivity index (χ1n) is 3.01. The first kappa shape index (κ1) is 8.21. The summed E-state index contributed by atoms with van der Waals surface area (Å²) in [4.78, 5) is 10.6. The van der Waals surface area contributed by atoms with Crippen molar-refractivity contribution < 1.29 is 4.79 Å². The zero-order valence-corrected chi connectivity index (χ0v) is 6.03. The van der Waals surface area contributed by atoms with E-state index in [4.69, 9.17) is 0 Å². The summed E-state index contributed by atoms with van der Waals surface area (Å²) in [6.07, 6.45) is 1.35. The maximum atomic E-state index is 10.6. The molecule has 0 bridgehead atoms. The summed E-state index contributed by atoms with van der Waals surface area (Å²) >= 11 is 0. The molecule has 1 amide bonds. The third-order valence-corrected chi connectivity index (χ3v) is 1.06. The molecular weight excluding hydrogens is 114 g/mol. The van der Waals surface area contributed by atoms with Crippen LogP contribution in [0.2, 0.25) is 0 Å². The third kappa shape index (κ3) is 5.07. The molecular formula is C7H13NO. The highest BCUT2D eigenvalue weighted by Crippen LogP contribution is 1.98. The van der Waals surface area contributed by atoms with Crippen LogP contribution in [0.4, 0.5) is 0 Å². The van der Waals surface area contributed by atoms with Crippen molar-refractivity contribution in [2.45, 2.75) is 19.8 Å². The molecule has 0 aliphatic rings. The summed E-state index contributed by atoms with van der Waals surface area (Å²) in [6, 6.07) is 0. The van der Waals surface area contributed by atoms with Gasteiger partial charge in [0.1, 0.15) is 0 Å². The fourth-order valence-electron chi connectivity index (χ4n) is 0.452. The van der Waals surface area contributed by atoms with Gasteiger partial charge in [-0.15, -0.1) is 6.58 Å². The van der Waals surface area contributed by atoms with E-state index >= 15 is 0 Å². The summed E-state index contributed by atoms with van der Waals surface area (Å²) < 4.78 is 0. The molecule has 0 radical (unpaired) electrons. The normalized spacial score (nSPS) is 8.67. The van der Waals surface area contributed by atoms with E-state index < -0.39 is 0 Å². The Morgan fingerprint density at radius 3 is 2.44 bits per heavy atom. The largest absolute Gasteiger partial charge is 0.359 e. The fourth-order valence-corrected chi connectivity index (χ4v) is 0.452. The van der Waals surface area contributed by atoms with Gasteiger partial charge in [0.15, 0.2) is 0 Å². The maximum absolute atomic E-state index is 10.6. The molecule has 0 atom stereocenters. The highest BCUT2D eigenvalue weighted by molar-refractivity contribution is 5.75. The molecule has 0 aromatic rings. The van der Waals surface area contributed by atoms with Crippen molar-refractivity contribution in [2.24, 2.45) is 0 Å². The van der Waals surface area contributed by atoms with E-state index in [1.807, 2.05) is 6.92 Å². The molecule has 0 unspecified atom stereocenters. The van der Waals surface area contributed by atoms with Gasteiger partial charge in [0, 0.05) is 13.5 Å².